The molecule has 0 saturated carbocycles. The van der Waals surface area contributed by atoms with Crippen molar-refractivity contribution in [3.05, 3.63) is 59.9 Å². The Kier molecular flexibility index (Phi) is 4.00. The third-order valence-corrected chi connectivity index (χ3v) is 3.68. The number of hydrogen-bond donors (Lipinski definition) is 2. The molecule has 0 spiro atoms. The lowest BCUT2D eigenvalue weighted by atomic mass is 10.2. The van der Waals surface area contributed by atoms with Gasteiger partial charge in [0.05, 0.1) is 5.69 Å². The quantitative estimate of drug-likeness (QED) is 0.727. The van der Waals surface area contributed by atoms with Gasteiger partial charge in [-0.05, 0) is 31.2 Å². The van der Waals surface area contributed by atoms with E-state index in [1.54, 1.807) is 25.1 Å². The molecule has 2 heterocycles. The van der Waals surface area contributed by atoms with Crippen molar-refractivity contribution in [3.63, 3.8) is 0 Å². The first-order chi connectivity index (χ1) is 12.6. The van der Waals surface area contributed by atoms with Gasteiger partial charge in [-0.2, -0.15) is 0 Å². The molecule has 0 aliphatic carbocycles. The fraction of sp³-hybridized carbons (Fsp3) is 0.111. The van der Waals surface area contributed by atoms with Gasteiger partial charge in [0.2, 0.25) is 6.79 Å². The van der Waals surface area contributed by atoms with Crippen LogP contribution in [0.1, 0.15) is 5.82 Å². The summed E-state index contributed by atoms with van der Waals surface area (Å²) in [6.07, 6.45) is 0. The number of fused-ring (bicyclic) bond motifs is 1. The topological polar surface area (TPSA) is 68.3 Å². The molecule has 0 amide bonds. The minimum atomic E-state index is -0.702. The highest BCUT2D eigenvalue weighted by atomic mass is 19.1. The predicted molar refractivity (Wildman–Crippen MR) is 92.3 cm³/mol. The maximum Gasteiger partial charge on any atom is 0.231 e. The van der Waals surface area contributed by atoms with Crippen LogP contribution >= 0.6 is 0 Å². The minimum Gasteiger partial charge on any atom is -0.454 e. The summed E-state index contributed by atoms with van der Waals surface area (Å²) in [4.78, 5) is 8.54. The Labute approximate surface area is 147 Å². The maximum atomic E-state index is 13.8. The zero-order chi connectivity index (χ0) is 18.1. The molecule has 2 N–H and O–H groups in total. The van der Waals surface area contributed by atoms with Gasteiger partial charge in [0.25, 0.3) is 0 Å². The van der Waals surface area contributed by atoms with Crippen LogP contribution in [-0.4, -0.2) is 16.8 Å². The van der Waals surface area contributed by atoms with Crippen LogP contribution in [-0.2, 0) is 0 Å². The minimum absolute atomic E-state index is 0.124. The van der Waals surface area contributed by atoms with Gasteiger partial charge in [0.15, 0.2) is 11.5 Å². The summed E-state index contributed by atoms with van der Waals surface area (Å²) in [5.41, 5.74) is 0.879. The van der Waals surface area contributed by atoms with Crippen LogP contribution < -0.4 is 20.1 Å². The number of rotatable bonds is 4. The second kappa shape index (κ2) is 6.47. The number of anilines is 4. The highest BCUT2D eigenvalue weighted by molar-refractivity contribution is 5.65. The molecule has 0 atom stereocenters. The van der Waals surface area contributed by atoms with Crippen molar-refractivity contribution in [3.8, 4) is 11.5 Å². The van der Waals surface area contributed by atoms with Crippen LogP contribution in [0.15, 0.2) is 42.5 Å². The number of hydrogen-bond acceptors (Lipinski definition) is 6. The second-order valence-electron chi connectivity index (χ2n) is 5.63. The largest absolute Gasteiger partial charge is 0.454 e. The van der Waals surface area contributed by atoms with E-state index >= 15 is 0 Å². The van der Waals surface area contributed by atoms with E-state index in [1.165, 1.54) is 12.1 Å². The summed E-state index contributed by atoms with van der Waals surface area (Å²) >= 11 is 0. The van der Waals surface area contributed by atoms with Crippen LogP contribution in [0.3, 0.4) is 0 Å². The van der Waals surface area contributed by atoms with Crippen molar-refractivity contribution in [2.45, 2.75) is 6.92 Å². The lowest BCUT2D eigenvalue weighted by molar-refractivity contribution is 0.174. The van der Waals surface area contributed by atoms with Gasteiger partial charge in [-0.1, -0.05) is 0 Å². The number of aromatic nitrogens is 2. The average molecular weight is 356 g/mol. The van der Waals surface area contributed by atoms with Gasteiger partial charge >= 0.3 is 0 Å². The van der Waals surface area contributed by atoms with Crippen LogP contribution in [0.25, 0.3) is 0 Å². The van der Waals surface area contributed by atoms with E-state index < -0.39 is 11.6 Å². The van der Waals surface area contributed by atoms with E-state index in [1.807, 2.05) is 6.07 Å². The van der Waals surface area contributed by atoms with E-state index in [4.69, 9.17) is 9.47 Å². The SMILES string of the molecule is Cc1nc(Nc2ccc3c(c2)OCO3)cc(Nc2ccc(F)cc2F)n1. The Morgan fingerprint density at radius 1 is 0.885 bits per heavy atom. The standard InChI is InChI=1S/C18H14F2N4O2/c1-10-21-17(23-12-3-5-15-16(7-12)26-9-25-15)8-18(22-10)24-14-4-2-11(19)6-13(14)20/h2-8H,9H2,1H3,(H2,21,22,23,24). The van der Waals surface area contributed by atoms with Crippen molar-refractivity contribution in [2.24, 2.45) is 0 Å². The van der Waals surface area contributed by atoms with E-state index in [2.05, 4.69) is 20.6 Å². The monoisotopic (exact) mass is 356 g/mol. The molecular weight excluding hydrogens is 342 g/mol. The molecule has 132 valence electrons. The highest BCUT2D eigenvalue weighted by Gasteiger charge is 2.14. The van der Waals surface area contributed by atoms with Gasteiger partial charge in [-0.15, -0.1) is 0 Å². The Balaban J connectivity index is 1.58. The summed E-state index contributed by atoms with van der Waals surface area (Å²) < 4.78 is 37.5. The molecule has 26 heavy (non-hydrogen) atoms. The Morgan fingerprint density at radius 2 is 1.65 bits per heavy atom. The molecule has 0 fully saturated rings. The number of aryl methyl sites for hydroxylation is 1. The summed E-state index contributed by atoms with van der Waals surface area (Å²) in [6.45, 7) is 1.92. The molecule has 1 aromatic heterocycles. The molecule has 6 nitrogen and oxygen atoms in total. The van der Waals surface area contributed by atoms with Crippen molar-refractivity contribution < 1.29 is 18.3 Å². The Morgan fingerprint density at radius 3 is 2.46 bits per heavy atom. The van der Waals surface area contributed by atoms with Gasteiger partial charge in [0.1, 0.15) is 29.1 Å². The van der Waals surface area contributed by atoms with Crippen LogP contribution in [0.4, 0.5) is 31.8 Å². The zero-order valence-corrected chi connectivity index (χ0v) is 13.7. The van der Waals surface area contributed by atoms with Gasteiger partial charge in [-0.3, -0.25) is 0 Å². The first-order valence-corrected chi connectivity index (χ1v) is 7.81. The third-order valence-electron chi connectivity index (χ3n) is 3.68. The lowest BCUT2D eigenvalue weighted by Crippen LogP contribution is -2.02. The molecule has 0 unspecified atom stereocenters. The number of nitrogens with zero attached hydrogens (tertiary/aromatic N) is 2. The average Bonchev–Trinajstić information content (AvgIpc) is 3.05. The molecule has 1 aliphatic rings. The molecule has 0 radical (unpaired) electrons. The molecule has 0 saturated heterocycles. The smallest absolute Gasteiger partial charge is 0.231 e. The van der Waals surface area contributed by atoms with Crippen molar-refractivity contribution in [1.82, 2.24) is 9.97 Å². The van der Waals surface area contributed by atoms with Crippen LogP contribution in [0.2, 0.25) is 0 Å². The summed E-state index contributed by atoms with van der Waals surface area (Å²) in [5, 5.41) is 5.97. The fourth-order valence-electron chi connectivity index (χ4n) is 2.55. The molecular formula is C18H14F2N4O2. The van der Waals surface area contributed by atoms with Crippen LogP contribution in [0, 0.1) is 18.6 Å². The van der Waals surface area contributed by atoms with Gasteiger partial charge in [0, 0.05) is 23.9 Å². The number of benzene rings is 2. The Bertz CT molecular complexity index is 981. The number of ether oxygens (including phenoxy) is 2. The third kappa shape index (κ3) is 3.34. The summed E-state index contributed by atoms with van der Waals surface area (Å²) in [5.74, 6) is 1.37. The molecule has 1 aliphatic heterocycles. The second-order valence-corrected chi connectivity index (χ2v) is 5.63. The first-order valence-electron chi connectivity index (χ1n) is 7.81. The normalized spacial score (nSPS) is 12.1. The summed E-state index contributed by atoms with van der Waals surface area (Å²) in [7, 11) is 0. The van der Waals surface area contributed by atoms with Crippen molar-refractivity contribution in [2.75, 3.05) is 17.4 Å². The van der Waals surface area contributed by atoms with Crippen LogP contribution in [0.5, 0.6) is 11.5 Å². The fourth-order valence-corrected chi connectivity index (χ4v) is 2.55. The highest BCUT2D eigenvalue weighted by Crippen LogP contribution is 2.35. The number of halogens is 2. The zero-order valence-electron chi connectivity index (χ0n) is 13.7. The molecule has 3 aromatic rings. The van der Waals surface area contributed by atoms with Crippen molar-refractivity contribution in [1.29, 1.82) is 0 Å². The van der Waals surface area contributed by atoms with Crippen molar-refractivity contribution >= 4 is 23.0 Å². The van der Waals surface area contributed by atoms with E-state index in [-0.39, 0.29) is 12.5 Å². The molecule has 2 aromatic carbocycles. The van der Waals surface area contributed by atoms with Gasteiger partial charge < -0.3 is 20.1 Å². The van der Waals surface area contributed by atoms with Gasteiger partial charge in [-0.25, -0.2) is 18.7 Å². The molecule has 4 rings (SSSR count). The first kappa shape index (κ1) is 16.1. The van der Waals surface area contributed by atoms with E-state index in [0.717, 1.165) is 11.8 Å². The summed E-state index contributed by atoms with van der Waals surface area (Å²) in [6, 6.07) is 10.3. The Hall–Kier alpha value is -3.42. The number of nitrogens with one attached hydrogen (secondary N) is 2. The van der Waals surface area contributed by atoms with E-state index in [0.29, 0.717) is 29.0 Å². The molecule has 0 bridgehead atoms. The predicted octanol–water partition coefficient (Wildman–Crippen LogP) is 4.28. The maximum absolute atomic E-state index is 13.8. The molecule has 8 heteroatoms. The van der Waals surface area contributed by atoms with E-state index in [9.17, 15) is 8.78 Å². The lowest BCUT2D eigenvalue weighted by Gasteiger charge is -2.11.